The normalized spacial score (nSPS) is 14.1. The summed E-state index contributed by atoms with van der Waals surface area (Å²) in [6.45, 7) is 3.94. The molecule has 2 aromatic heterocycles. The zero-order valence-electron chi connectivity index (χ0n) is 31.5. The molecule has 3 aromatic carbocycles. The molecular weight excluding hydrogens is 672 g/mol. The first-order chi connectivity index (χ1) is 25.8. The van der Waals surface area contributed by atoms with E-state index in [2.05, 4.69) is 44.0 Å². The molecule has 0 bridgehead atoms. The molecule has 1 amide bonds. The van der Waals surface area contributed by atoms with Gasteiger partial charge in [0.15, 0.2) is 23.0 Å². The van der Waals surface area contributed by atoms with Gasteiger partial charge in [0, 0.05) is 50.4 Å². The summed E-state index contributed by atoms with van der Waals surface area (Å²) in [5.74, 6) is 3.41. The third-order valence-corrected chi connectivity index (χ3v) is 10.0. The van der Waals surface area contributed by atoms with Gasteiger partial charge in [-0.1, -0.05) is 24.3 Å². The number of ether oxygens (including phenoxy) is 5. The number of rotatable bonds is 16. The Kier molecular flexibility index (Phi) is 12.2. The van der Waals surface area contributed by atoms with Gasteiger partial charge in [0.05, 0.1) is 58.8 Å². The zero-order valence-corrected chi connectivity index (χ0v) is 31.5. The smallest absolute Gasteiger partial charge is 0.253 e. The topological polar surface area (TPSA) is 112 Å². The summed E-state index contributed by atoms with van der Waals surface area (Å²) in [7, 11) is 9.74. The number of anilines is 1. The van der Waals surface area contributed by atoms with Gasteiger partial charge in [-0.15, -0.1) is 0 Å². The Morgan fingerprint density at radius 2 is 1.55 bits per heavy atom. The van der Waals surface area contributed by atoms with E-state index in [0.717, 1.165) is 67.1 Å². The molecule has 1 aliphatic rings. The van der Waals surface area contributed by atoms with E-state index in [4.69, 9.17) is 28.7 Å². The van der Waals surface area contributed by atoms with Crippen LogP contribution in [0.25, 0.3) is 11.0 Å². The van der Waals surface area contributed by atoms with E-state index in [0.29, 0.717) is 53.4 Å². The molecule has 1 N–H and O–H groups in total. The van der Waals surface area contributed by atoms with E-state index < -0.39 is 0 Å². The lowest BCUT2D eigenvalue weighted by molar-refractivity contribution is 0.0781. The van der Waals surface area contributed by atoms with Crippen LogP contribution in [0.5, 0.6) is 28.7 Å². The SMILES string of the molecule is COc1ccc(C(CCN2CCC(Nc3nc4ccccc4n3Cc3ccccn3)CC2)CN(C)C(=O)c2cc(OC)c(OC)c(OC)c2)cc1OC. The number of methoxy groups -OCH3 is 5. The van der Waals surface area contributed by atoms with Gasteiger partial charge in [0.1, 0.15) is 0 Å². The Morgan fingerprint density at radius 3 is 2.21 bits per heavy atom. The third kappa shape index (κ3) is 8.60. The summed E-state index contributed by atoms with van der Waals surface area (Å²) in [4.78, 5) is 27.7. The first-order valence-corrected chi connectivity index (χ1v) is 18.0. The average molecular weight is 723 g/mol. The van der Waals surface area contributed by atoms with E-state index >= 15 is 0 Å². The fourth-order valence-corrected chi connectivity index (χ4v) is 7.13. The number of para-hydroxylation sites is 2. The van der Waals surface area contributed by atoms with Crippen molar-refractivity contribution in [3.8, 4) is 28.7 Å². The van der Waals surface area contributed by atoms with Crippen molar-refractivity contribution >= 4 is 22.9 Å². The van der Waals surface area contributed by atoms with Crippen molar-refractivity contribution < 1.29 is 28.5 Å². The maximum Gasteiger partial charge on any atom is 0.253 e. The van der Waals surface area contributed by atoms with Gasteiger partial charge in [-0.25, -0.2) is 4.98 Å². The Balaban J connectivity index is 1.14. The minimum atomic E-state index is -0.143. The predicted octanol–water partition coefficient (Wildman–Crippen LogP) is 6.35. The van der Waals surface area contributed by atoms with Crippen molar-refractivity contribution in [2.45, 2.75) is 37.8 Å². The average Bonchev–Trinajstić information content (AvgIpc) is 3.54. The number of pyridine rings is 1. The van der Waals surface area contributed by atoms with Crippen LogP contribution < -0.4 is 29.0 Å². The number of carbonyl (C=O) groups is 1. The van der Waals surface area contributed by atoms with Crippen molar-refractivity contribution in [3.05, 3.63) is 95.8 Å². The molecule has 0 saturated carbocycles. The molecule has 12 nitrogen and oxygen atoms in total. The molecule has 1 unspecified atom stereocenters. The number of piperidine rings is 1. The van der Waals surface area contributed by atoms with Crippen LogP contribution in [0.3, 0.4) is 0 Å². The van der Waals surface area contributed by atoms with Crippen molar-refractivity contribution in [1.29, 1.82) is 0 Å². The Morgan fingerprint density at radius 1 is 0.849 bits per heavy atom. The largest absolute Gasteiger partial charge is 0.493 e. The second-order valence-corrected chi connectivity index (χ2v) is 13.3. The lowest BCUT2D eigenvalue weighted by Gasteiger charge is -2.34. The number of fused-ring (bicyclic) bond motifs is 1. The van der Waals surface area contributed by atoms with Crippen LogP contribution in [0.15, 0.2) is 79.0 Å². The number of amides is 1. The predicted molar refractivity (Wildman–Crippen MR) is 206 cm³/mol. The molecule has 53 heavy (non-hydrogen) atoms. The van der Waals surface area contributed by atoms with Crippen molar-refractivity contribution in [2.24, 2.45) is 0 Å². The van der Waals surface area contributed by atoms with Crippen molar-refractivity contribution in [3.63, 3.8) is 0 Å². The first-order valence-electron chi connectivity index (χ1n) is 18.0. The van der Waals surface area contributed by atoms with Crippen LogP contribution in [0.1, 0.15) is 46.8 Å². The van der Waals surface area contributed by atoms with Crippen LogP contribution in [-0.2, 0) is 6.54 Å². The lowest BCUT2D eigenvalue weighted by Crippen LogP contribution is -2.40. The van der Waals surface area contributed by atoms with Gasteiger partial charge in [0.25, 0.3) is 5.91 Å². The Hall–Kier alpha value is -5.49. The van der Waals surface area contributed by atoms with E-state index in [9.17, 15) is 4.79 Å². The number of nitrogens with one attached hydrogen (secondary N) is 1. The lowest BCUT2D eigenvalue weighted by atomic mass is 9.93. The number of hydrogen-bond acceptors (Lipinski definition) is 10. The van der Waals surface area contributed by atoms with Crippen LogP contribution in [0.2, 0.25) is 0 Å². The molecule has 1 saturated heterocycles. The van der Waals surface area contributed by atoms with Gasteiger partial charge in [-0.3, -0.25) is 9.78 Å². The highest BCUT2D eigenvalue weighted by atomic mass is 16.5. The van der Waals surface area contributed by atoms with Gasteiger partial charge in [-0.2, -0.15) is 0 Å². The Labute approximate surface area is 311 Å². The highest BCUT2D eigenvalue weighted by Gasteiger charge is 2.26. The number of nitrogens with zero attached hydrogens (tertiary/aromatic N) is 5. The Bertz CT molecular complexity index is 1950. The summed E-state index contributed by atoms with van der Waals surface area (Å²) < 4.78 is 29.9. The van der Waals surface area contributed by atoms with Gasteiger partial charge in [-0.05, 0) is 79.9 Å². The van der Waals surface area contributed by atoms with Gasteiger partial charge in [0.2, 0.25) is 11.7 Å². The highest BCUT2D eigenvalue weighted by Crippen LogP contribution is 2.39. The summed E-state index contributed by atoms with van der Waals surface area (Å²) in [6.07, 6.45) is 4.67. The number of carbonyl (C=O) groups excluding carboxylic acids is 1. The number of aromatic nitrogens is 3. The number of likely N-dealkylation sites (N-methyl/N-ethyl adjacent to an activating group) is 1. The summed E-state index contributed by atoms with van der Waals surface area (Å²) in [5, 5.41) is 3.77. The number of benzene rings is 3. The van der Waals surface area contributed by atoms with E-state index in [1.807, 2.05) is 49.6 Å². The maximum atomic E-state index is 13.8. The van der Waals surface area contributed by atoms with Crippen LogP contribution >= 0.6 is 0 Å². The fourth-order valence-electron chi connectivity index (χ4n) is 7.13. The molecule has 0 radical (unpaired) electrons. The van der Waals surface area contributed by atoms with Crippen molar-refractivity contribution in [1.82, 2.24) is 24.3 Å². The molecule has 1 atom stereocenters. The number of hydrogen-bond donors (Lipinski definition) is 1. The molecule has 6 rings (SSSR count). The molecule has 5 aromatic rings. The molecule has 280 valence electrons. The maximum absolute atomic E-state index is 13.8. The van der Waals surface area contributed by atoms with E-state index in [1.165, 1.54) is 0 Å². The van der Waals surface area contributed by atoms with Gasteiger partial charge >= 0.3 is 0 Å². The number of imidazole rings is 1. The molecule has 1 fully saturated rings. The summed E-state index contributed by atoms with van der Waals surface area (Å²) >= 11 is 0. The number of likely N-dealkylation sites (tertiary alicyclic amines) is 1. The first kappa shape index (κ1) is 37.3. The molecule has 0 spiro atoms. The summed E-state index contributed by atoms with van der Waals surface area (Å²) in [5.41, 5.74) is 4.59. The molecule has 3 heterocycles. The minimum absolute atomic E-state index is 0.0353. The molecule has 0 aliphatic carbocycles. The van der Waals surface area contributed by atoms with E-state index in [1.54, 1.807) is 52.6 Å². The second-order valence-electron chi connectivity index (χ2n) is 13.3. The van der Waals surface area contributed by atoms with Crippen LogP contribution in [0, 0.1) is 0 Å². The second kappa shape index (κ2) is 17.4. The minimum Gasteiger partial charge on any atom is -0.493 e. The fraction of sp³-hybridized carbons (Fsp3) is 0.390. The zero-order chi connectivity index (χ0) is 37.3. The van der Waals surface area contributed by atoms with Gasteiger partial charge < -0.3 is 43.4 Å². The molecule has 12 heteroatoms. The third-order valence-electron chi connectivity index (χ3n) is 10.0. The molecular formula is C41H50N6O6. The standard InChI is InChI=1S/C41H50N6O6/c1-45(40(48)30-24-37(51-4)39(53-6)38(25-30)52-5)26-29(28-14-15-35(49-2)36(23-28)50-3)16-20-46-21-17-31(18-22-46)43-41-44-33-12-7-8-13-34(33)47(41)27-32-11-9-10-19-42-32/h7-15,19,23-25,29,31H,16-18,20-22,26-27H2,1-6H3,(H,43,44). The monoisotopic (exact) mass is 722 g/mol. The highest BCUT2D eigenvalue weighted by molar-refractivity contribution is 5.95. The summed E-state index contributed by atoms with van der Waals surface area (Å²) in [6, 6.07) is 24.0. The van der Waals surface area contributed by atoms with Crippen LogP contribution in [-0.4, -0.2) is 105 Å². The van der Waals surface area contributed by atoms with E-state index in [-0.39, 0.29) is 11.8 Å². The van der Waals surface area contributed by atoms with Crippen molar-refractivity contribution in [2.75, 3.05) is 74.1 Å². The quantitative estimate of drug-likeness (QED) is 0.124. The molecule has 1 aliphatic heterocycles. The van der Waals surface area contributed by atoms with Crippen LogP contribution in [0.4, 0.5) is 5.95 Å².